The molecular formula is C16H15N3O2. The molecule has 0 saturated heterocycles. The second-order valence-electron chi connectivity index (χ2n) is 4.68. The number of aromatic amines is 1. The molecule has 21 heavy (non-hydrogen) atoms. The van der Waals surface area contributed by atoms with Crippen molar-refractivity contribution in [2.45, 2.75) is 0 Å². The van der Waals surface area contributed by atoms with E-state index in [1.165, 1.54) is 7.11 Å². The molecule has 0 atom stereocenters. The van der Waals surface area contributed by atoms with E-state index in [9.17, 15) is 4.79 Å². The van der Waals surface area contributed by atoms with Crippen molar-refractivity contribution in [1.29, 1.82) is 0 Å². The lowest BCUT2D eigenvalue weighted by Gasteiger charge is -2.03. The van der Waals surface area contributed by atoms with Crippen LogP contribution in [0.15, 0.2) is 48.5 Å². The highest BCUT2D eigenvalue weighted by molar-refractivity contribution is 6.01. The smallest absolute Gasteiger partial charge is 0.251 e. The Balaban J connectivity index is 1.93. The van der Waals surface area contributed by atoms with Crippen LogP contribution in [0.2, 0.25) is 0 Å². The fourth-order valence-corrected chi connectivity index (χ4v) is 2.22. The molecule has 0 saturated carbocycles. The van der Waals surface area contributed by atoms with E-state index in [2.05, 4.69) is 27.6 Å². The van der Waals surface area contributed by atoms with E-state index in [0.717, 1.165) is 22.0 Å². The molecule has 0 spiro atoms. The lowest BCUT2D eigenvalue weighted by atomic mass is 10.0. The number of aromatic nitrogens is 2. The summed E-state index contributed by atoms with van der Waals surface area (Å²) in [6, 6.07) is 16.1. The minimum absolute atomic E-state index is 0.0104. The van der Waals surface area contributed by atoms with Crippen molar-refractivity contribution >= 4 is 22.6 Å². The minimum Gasteiger partial charge on any atom is -0.375 e. The van der Waals surface area contributed by atoms with Crippen LogP contribution in [0.4, 0.5) is 5.82 Å². The van der Waals surface area contributed by atoms with Gasteiger partial charge in [-0.2, -0.15) is 5.10 Å². The third kappa shape index (κ3) is 2.78. The summed E-state index contributed by atoms with van der Waals surface area (Å²) in [4.78, 5) is 11.6. The van der Waals surface area contributed by atoms with Gasteiger partial charge in [-0.1, -0.05) is 36.4 Å². The first kappa shape index (κ1) is 13.3. The maximum Gasteiger partial charge on any atom is 0.251 e. The lowest BCUT2D eigenvalue weighted by Crippen LogP contribution is -2.17. The van der Waals surface area contributed by atoms with Gasteiger partial charge in [0.05, 0.1) is 5.52 Å². The number of H-pyrrole nitrogens is 1. The molecule has 3 aromatic rings. The van der Waals surface area contributed by atoms with Gasteiger partial charge in [0.1, 0.15) is 6.61 Å². The van der Waals surface area contributed by atoms with E-state index in [1.807, 2.05) is 36.4 Å². The van der Waals surface area contributed by atoms with Crippen molar-refractivity contribution < 1.29 is 9.53 Å². The molecular weight excluding hydrogens is 266 g/mol. The van der Waals surface area contributed by atoms with E-state index in [4.69, 9.17) is 4.74 Å². The van der Waals surface area contributed by atoms with E-state index in [-0.39, 0.29) is 12.5 Å². The number of ether oxygens (including phenoxy) is 1. The number of rotatable bonds is 4. The molecule has 2 aromatic carbocycles. The first-order chi connectivity index (χ1) is 10.3. The zero-order valence-electron chi connectivity index (χ0n) is 11.6. The highest BCUT2D eigenvalue weighted by atomic mass is 16.5. The number of fused-ring (bicyclic) bond motifs is 1. The number of amides is 1. The van der Waals surface area contributed by atoms with Gasteiger partial charge >= 0.3 is 0 Å². The Morgan fingerprint density at radius 2 is 2.00 bits per heavy atom. The minimum atomic E-state index is -0.224. The molecule has 0 aliphatic rings. The summed E-state index contributed by atoms with van der Waals surface area (Å²) < 4.78 is 4.79. The molecule has 1 heterocycles. The predicted molar refractivity (Wildman–Crippen MR) is 82.0 cm³/mol. The van der Waals surface area contributed by atoms with Gasteiger partial charge in [-0.15, -0.1) is 0 Å². The summed E-state index contributed by atoms with van der Waals surface area (Å²) in [5.74, 6) is 0.296. The SMILES string of the molecule is COCC(=O)Nc1n[nH]c2cc(-c3ccccc3)ccc12. The van der Waals surface area contributed by atoms with E-state index < -0.39 is 0 Å². The fraction of sp³-hybridized carbons (Fsp3) is 0.125. The Kier molecular flexibility index (Phi) is 3.66. The Morgan fingerprint density at radius 1 is 1.19 bits per heavy atom. The molecule has 0 aliphatic carbocycles. The number of methoxy groups -OCH3 is 1. The summed E-state index contributed by atoms with van der Waals surface area (Å²) in [6.07, 6.45) is 0. The Hall–Kier alpha value is -2.66. The van der Waals surface area contributed by atoms with Crippen LogP contribution < -0.4 is 5.32 Å². The number of carbonyl (C=O) groups is 1. The van der Waals surface area contributed by atoms with Gasteiger partial charge in [0.25, 0.3) is 5.91 Å². The third-order valence-corrected chi connectivity index (χ3v) is 3.20. The maximum atomic E-state index is 11.6. The number of hydrogen-bond donors (Lipinski definition) is 2. The summed E-state index contributed by atoms with van der Waals surface area (Å²) in [5.41, 5.74) is 3.12. The molecule has 5 heteroatoms. The van der Waals surface area contributed by atoms with E-state index in [0.29, 0.717) is 5.82 Å². The molecule has 0 unspecified atom stereocenters. The number of nitrogens with zero attached hydrogens (tertiary/aromatic N) is 1. The van der Waals surface area contributed by atoms with Gasteiger partial charge in [0.15, 0.2) is 5.82 Å². The van der Waals surface area contributed by atoms with Gasteiger partial charge in [-0.05, 0) is 23.3 Å². The molecule has 1 aromatic heterocycles. The van der Waals surface area contributed by atoms with E-state index in [1.54, 1.807) is 0 Å². The lowest BCUT2D eigenvalue weighted by molar-refractivity contribution is -0.119. The van der Waals surface area contributed by atoms with Crippen LogP contribution in [-0.4, -0.2) is 29.8 Å². The van der Waals surface area contributed by atoms with Crippen molar-refractivity contribution in [3.8, 4) is 11.1 Å². The second kappa shape index (κ2) is 5.76. The van der Waals surface area contributed by atoms with Crippen LogP contribution in [0.1, 0.15) is 0 Å². The molecule has 3 rings (SSSR count). The maximum absolute atomic E-state index is 11.6. The number of benzene rings is 2. The Morgan fingerprint density at radius 3 is 2.76 bits per heavy atom. The average molecular weight is 281 g/mol. The molecule has 0 bridgehead atoms. The van der Waals surface area contributed by atoms with Crippen molar-refractivity contribution in [2.75, 3.05) is 19.0 Å². The quantitative estimate of drug-likeness (QED) is 0.772. The van der Waals surface area contributed by atoms with Crippen LogP contribution in [0.3, 0.4) is 0 Å². The highest BCUT2D eigenvalue weighted by Crippen LogP contribution is 2.26. The first-order valence-corrected chi connectivity index (χ1v) is 6.60. The average Bonchev–Trinajstić information content (AvgIpc) is 2.91. The topological polar surface area (TPSA) is 67.0 Å². The zero-order chi connectivity index (χ0) is 14.7. The van der Waals surface area contributed by atoms with Crippen molar-refractivity contribution in [2.24, 2.45) is 0 Å². The van der Waals surface area contributed by atoms with E-state index >= 15 is 0 Å². The second-order valence-corrected chi connectivity index (χ2v) is 4.68. The standard InChI is InChI=1S/C16H15N3O2/c1-21-10-15(20)17-16-13-8-7-12(9-14(13)18-19-16)11-5-3-2-4-6-11/h2-9H,10H2,1H3,(H2,17,18,19,20). The van der Waals surface area contributed by atoms with Crippen molar-refractivity contribution in [3.63, 3.8) is 0 Å². The molecule has 0 fully saturated rings. The highest BCUT2D eigenvalue weighted by Gasteiger charge is 2.10. The van der Waals surface area contributed by atoms with Crippen LogP contribution >= 0.6 is 0 Å². The zero-order valence-corrected chi connectivity index (χ0v) is 11.6. The van der Waals surface area contributed by atoms with Gasteiger partial charge in [-0.3, -0.25) is 9.89 Å². The van der Waals surface area contributed by atoms with Crippen LogP contribution in [-0.2, 0) is 9.53 Å². The van der Waals surface area contributed by atoms with Crippen molar-refractivity contribution in [3.05, 3.63) is 48.5 Å². The molecule has 106 valence electrons. The summed E-state index contributed by atoms with van der Waals surface area (Å²) >= 11 is 0. The molecule has 1 amide bonds. The summed E-state index contributed by atoms with van der Waals surface area (Å²) in [6.45, 7) is 0.0104. The molecule has 5 nitrogen and oxygen atoms in total. The molecule has 2 N–H and O–H groups in total. The largest absolute Gasteiger partial charge is 0.375 e. The van der Waals surface area contributed by atoms with Gasteiger partial charge in [0, 0.05) is 12.5 Å². The van der Waals surface area contributed by atoms with Gasteiger partial charge in [-0.25, -0.2) is 0 Å². The molecule has 0 aliphatic heterocycles. The fourth-order valence-electron chi connectivity index (χ4n) is 2.22. The van der Waals surface area contributed by atoms with Gasteiger partial charge < -0.3 is 10.1 Å². The third-order valence-electron chi connectivity index (χ3n) is 3.20. The number of nitrogens with one attached hydrogen (secondary N) is 2. The van der Waals surface area contributed by atoms with Crippen LogP contribution in [0, 0.1) is 0 Å². The first-order valence-electron chi connectivity index (χ1n) is 6.60. The predicted octanol–water partition coefficient (Wildman–Crippen LogP) is 2.81. The Labute approximate surface area is 121 Å². The molecule has 0 radical (unpaired) electrons. The summed E-state index contributed by atoms with van der Waals surface area (Å²) in [7, 11) is 1.48. The Bertz CT molecular complexity index is 766. The van der Waals surface area contributed by atoms with Crippen molar-refractivity contribution in [1.82, 2.24) is 10.2 Å². The number of hydrogen-bond acceptors (Lipinski definition) is 3. The number of carbonyl (C=O) groups excluding carboxylic acids is 1. The normalized spacial score (nSPS) is 10.7. The monoisotopic (exact) mass is 281 g/mol. The summed E-state index contributed by atoms with van der Waals surface area (Å²) in [5, 5.41) is 10.7. The van der Waals surface area contributed by atoms with Crippen LogP contribution in [0.5, 0.6) is 0 Å². The van der Waals surface area contributed by atoms with Gasteiger partial charge in [0.2, 0.25) is 0 Å². The van der Waals surface area contributed by atoms with Crippen LogP contribution in [0.25, 0.3) is 22.0 Å². The number of anilines is 1.